The molecule has 0 bridgehead atoms. The summed E-state index contributed by atoms with van der Waals surface area (Å²) in [6, 6.07) is 10.8. The van der Waals surface area contributed by atoms with Crippen LogP contribution in [0.3, 0.4) is 0 Å². The highest BCUT2D eigenvalue weighted by atomic mass is 16.3. The van der Waals surface area contributed by atoms with Gasteiger partial charge in [0.1, 0.15) is 5.76 Å². The zero-order valence-electron chi connectivity index (χ0n) is 11.8. The van der Waals surface area contributed by atoms with Crippen LogP contribution < -0.4 is 5.32 Å². The molecule has 3 rings (SSSR count). The average Bonchev–Trinajstić information content (AvgIpc) is 2.92. The van der Waals surface area contributed by atoms with Crippen LogP contribution in [0.5, 0.6) is 0 Å². The molecule has 0 aliphatic heterocycles. The fraction of sp³-hybridized carbons (Fsp3) is 0.235. The molecule has 3 nitrogen and oxygen atoms in total. The molecule has 3 aromatic rings. The molecule has 0 fully saturated rings. The van der Waals surface area contributed by atoms with Crippen molar-refractivity contribution >= 4 is 10.8 Å². The summed E-state index contributed by atoms with van der Waals surface area (Å²) < 4.78 is 5.64. The Morgan fingerprint density at radius 3 is 2.90 bits per heavy atom. The minimum atomic E-state index is 0.435. The first-order valence-electron chi connectivity index (χ1n) is 6.88. The third-order valence-corrected chi connectivity index (χ3v) is 3.39. The van der Waals surface area contributed by atoms with Crippen molar-refractivity contribution in [3.63, 3.8) is 0 Å². The van der Waals surface area contributed by atoms with Gasteiger partial charge < -0.3 is 9.73 Å². The Hall–Kier alpha value is -2.13. The van der Waals surface area contributed by atoms with Gasteiger partial charge in [-0.2, -0.15) is 0 Å². The van der Waals surface area contributed by atoms with Gasteiger partial charge in [0.2, 0.25) is 0 Å². The van der Waals surface area contributed by atoms with Gasteiger partial charge in [-0.25, -0.2) is 0 Å². The third kappa shape index (κ3) is 2.45. The van der Waals surface area contributed by atoms with Gasteiger partial charge in [-0.05, 0) is 23.1 Å². The molecule has 1 aromatic carbocycles. The van der Waals surface area contributed by atoms with Gasteiger partial charge in [-0.1, -0.05) is 32.0 Å². The van der Waals surface area contributed by atoms with Crippen LogP contribution in [0.4, 0.5) is 0 Å². The highest BCUT2D eigenvalue weighted by Gasteiger charge is 2.11. The number of benzene rings is 1. The standard InChI is InChI=1S/C17H18N2O/c1-12(2)19-11-17-16(7-9-20-17)15-5-3-4-13-10-18-8-6-14(13)15/h3-10,12,19H,11H2,1-2H3. The molecule has 3 heteroatoms. The maximum Gasteiger partial charge on any atom is 0.125 e. The van der Waals surface area contributed by atoms with Gasteiger partial charge in [0.25, 0.3) is 0 Å². The Labute approximate surface area is 118 Å². The molecule has 2 aromatic heterocycles. The van der Waals surface area contributed by atoms with Crippen molar-refractivity contribution in [1.82, 2.24) is 10.3 Å². The predicted octanol–water partition coefficient (Wildman–Crippen LogP) is 3.99. The number of nitrogens with one attached hydrogen (secondary N) is 1. The van der Waals surface area contributed by atoms with Crippen LogP contribution in [0.1, 0.15) is 19.6 Å². The molecule has 0 spiro atoms. The maximum atomic E-state index is 5.64. The Morgan fingerprint density at radius 2 is 2.05 bits per heavy atom. The van der Waals surface area contributed by atoms with E-state index in [1.54, 1.807) is 6.26 Å². The van der Waals surface area contributed by atoms with Crippen LogP contribution in [-0.2, 0) is 6.54 Å². The lowest BCUT2D eigenvalue weighted by atomic mass is 10.00. The zero-order valence-corrected chi connectivity index (χ0v) is 11.8. The molecular weight excluding hydrogens is 248 g/mol. The van der Waals surface area contributed by atoms with E-state index >= 15 is 0 Å². The topological polar surface area (TPSA) is 38.1 Å². The molecule has 20 heavy (non-hydrogen) atoms. The van der Waals surface area contributed by atoms with Crippen LogP contribution in [0.15, 0.2) is 53.4 Å². The van der Waals surface area contributed by atoms with Crippen molar-refractivity contribution in [3.05, 3.63) is 54.7 Å². The monoisotopic (exact) mass is 266 g/mol. The van der Waals surface area contributed by atoms with Gasteiger partial charge in [0.15, 0.2) is 0 Å². The normalized spacial score (nSPS) is 11.3. The first kappa shape index (κ1) is 12.9. The molecular formula is C17H18N2O. The number of aromatic nitrogens is 1. The lowest BCUT2D eigenvalue weighted by Crippen LogP contribution is -2.21. The van der Waals surface area contributed by atoms with Crippen molar-refractivity contribution in [2.24, 2.45) is 0 Å². The van der Waals surface area contributed by atoms with E-state index in [2.05, 4.69) is 48.4 Å². The van der Waals surface area contributed by atoms with Crippen LogP contribution >= 0.6 is 0 Å². The highest BCUT2D eigenvalue weighted by molar-refractivity contribution is 5.96. The molecule has 1 N–H and O–H groups in total. The highest BCUT2D eigenvalue weighted by Crippen LogP contribution is 2.31. The zero-order chi connectivity index (χ0) is 13.9. The van der Waals surface area contributed by atoms with E-state index in [4.69, 9.17) is 4.42 Å². The number of hydrogen-bond acceptors (Lipinski definition) is 3. The summed E-state index contributed by atoms with van der Waals surface area (Å²) in [5.74, 6) is 0.975. The molecule has 102 valence electrons. The number of pyridine rings is 1. The molecule has 0 atom stereocenters. The molecule has 0 aliphatic rings. The summed E-state index contributed by atoms with van der Waals surface area (Å²) >= 11 is 0. The van der Waals surface area contributed by atoms with Crippen LogP contribution in [-0.4, -0.2) is 11.0 Å². The minimum absolute atomic E-state index is 0.435. The summed E-state index contributed by atoms with van der Waals surface area (Å²) in [7, 11) is 0. The van der Waals surface area contributed by atoms with Gasteiger partial charge in [0, 0.05) is 29.4 Å². The lowest BCUT2D eigenvalue weighted by molar-refractivity contribution is 0.466. The van der Waals surface area contributed by atoms with Gasteiger partial charge in [0.05, 0.1) is 12.8 Å². The SMILES string of the molecule is CC(C)NCc1occc1-c1cccc2cnccc12. The van der Waals surface area contributed by atoms with E-state index in [0.717, 1.165) is 23.3 Å². The molecule has 0 aliphatic carbocycles. The van der Waals surface area contributed by atoms with Crippen molar-refractivity contribution in [2.45, 2.75) is 26.4 Å². The van der Waals surface area contributed by atoms with E-state index in [0.29, 0.717) is 6.04 Å². The largest absolute Gasteiger partial charge is 0.467 e. The molecule has 0 saturated carbocycles. The second-order valence-electron chi connectivity index (χ2n) is 5.20. The van der Waals surface area contributed by atoms with Crippen molar-refractivity contribution in [3.8, 4) is 11.1 Å². The molecule has 2 heterocycles. The Balaban J connectivity index is 2.05. The third-order valence-electron chi connectivity index (χ3n) is 3.39. The first-order chi connectivity index (χ1) is 9.75. The van der Waals surface area contributed by atoms with E-state index in [-0.39, 0.29) is 0 Å². The van der Waals surface area contributed by atoms with Crippen molar-refractivity contribution < 1.29 is 4.42 Å². The smallest absolute Gasteiger partial charge is 0.125 e. The fourth-order valence-electron chi connectivity index (χ4n) is 2.37. The Bertz CT molecular complexity index is 710. The van der Waals surface area contributed by atoms with Gasteiger partial charge >= 0.3 is 0 Å². The summed E-state index contributed by atoms with van der Waals surface area (Å²) in [5, 5.41) is 5.75. The fourth-order valence-corrected chi connectivity index (χ4v) is 2.37. The summed E-state index contributed by atoms with van der Waals surface area (Å²) in [4.78, 5) is 4.18. The van der Waals surface area contributed by atoms with Gasteiger partial charge in [-0.3, -0.25) is 4.98 Å². The van der Waals surface area contributed by atoms with Gasteiger partial charge in [-0.15, -0.1) is 0 Å². The van der Waals surface area contributed by atoms with E-state index in [9.17, 15) is 0 Å². The van der Waals surface area contributed by atoms with E-state index < -0.39 is 0 Å². The second kappa shape index (κ2) is 5.47. The summed E-state index contributed by atoms with van der Waals surface area (Å²) in [6.07, 6.45) is 5.48. The second-order valence-corrected chi connectivity index (χ2v) is 5.20. The van der Waals surface area contributed by atoms with Crippen molar-refractivity contribution in [1.29, 1.82) is 0 Å². The van der Waals surface area contributed by atoms with E-state index in [1.807, 2.05) is 18.5 Å². The molecule has 0 radical (unpaired) electrons. The van der Waals surface area contributed by atoms with E-state index in [1.165, 1.54) is 10.9 Å². The molecule has 0 saturated heterocycles. The predicted molar refractivity (Wildman–Crippen MR) is 81.4 cm³/mol. The van der Waals surface area contributed by atoms with Crippen molar-refractivity contribution in [2.75, 3.05) is 0 Å². The van der Waals surface area contributed by atoms with Crippen LogP contribution in [0.2, 0.25) is 0 Å². The van der Waals surface area contributed by atoms with Crippen LogP contribution in [0.25, 0.3) is 21.9 Å². The molecule has 0 amide bonds. The summed E-state index contributed by atoms with van der Waals surface area (Å²) in [5.41, 5.74) is 2.34. The number of hydrogen-bond donors (Lipinski definition) is 1. The minimum Gasteiger partial charge on any atom is -0.467 e. The first-order valence-corrected chi connectivity index (χ1v) is 6.88. The lowest BCUT2D eigenvalue weighted by Gasteiger charge is -2.09. The maximum absolute atomic E-state index is 5.64. The quantitative estimate of drug-likeness (QED) is 0.775. The summed E-state index contributed by atoms with van der Waals surface area (Å²) in [6.45, 7) is 5.00. The Morgan fingerprint density at radius 1 is 1.15 bits per heavy atom. The number of rotatable bonds is 4. The molecule has 0 unspecified atom stereocenters. The number of nitrogens with zero attached hydrogens (tertiary/aromatic N) is 1. The van der Waals surface area contributed by atoms with Crippen LogP contribution in [0, 0.1) is 0 Å². The number of fused-ring (bicyclic) bond motifs is 1. The average molecular weight is 266 g/mol. The number of furan rings is 1. The Kier molecular flexibility index (Phi) is 3.52.